The maximum atomic E-state index is 5.75. The molecule has 2 atom stereocenters. The third kappa shape index (κ3) is 3.71. The van der Waals surface area contributed by atoms with Crippen LogP contribution in [-0.2, 0) is 4.74 Å². The Balaban J connectivity index is 3.01. The summed E-state index contributed by atoms with van der Waals surface area (Å²) in [6, 6.07) is 0. The van der Waals surface area contributed by atoms with Gasteiger partial charge in [-0.3, -0.25) is 0 Å². The number of hydrogen-bond acceptors (Lipinski definition) is 1. The van der Waals surface area contributed by atoms with Gasteiger partial charge in [0.25, 0.3) is 0 Å². The molecule has 1 rings (SSSR count). The Labute approximate surface area is 113 Å². The fourth-order valence-corrected chi connectivity index (χ4v) is 2.64. The largest absolute Gasteiger partial charge is 0.376 e. The van der Waals surface area contributed by atoms with E-state index in [2.05, 4.69) is 46.8 Å². The highest BCUT2D eigenvalue weighted by Crippen LogP contribution is 2.37. The van der Waals surface area contributed by atoms with Crippen LogP contribution in [0.3, 0.4) is 0 Å². The average Bonchev–Trinajstić information content (AvgIpc) is 2.33. The van der Waals surface area contributed by atoms with Gasteiger partial charge in [0.2, 0.25) is 0 Å². The van der Waals surface area contributed by atoms with Crippen molar-refractivity contribution in [1.82, 2.24) is 0 Å². The molecule has 0 N–H and O–H groups in total. The van der Waals surface area contributed by atoms with Crippen molar-refractivity contribution >= 4 is 0 Å². The van der Waals surface area contributed by atoms with Crippen LogP contribution in [0.15, 0.2) is 23.3 Å². The van der Waals surface area contributed by atoms with Gasteiger partial charge < -0.3 is 4.74 Å². The summed E-state index contributed by atoms with van der Waals surface area (Å²) in [6.45, 7) is 11.4. The maximum absolute atomic E-state index is 5.75. The van der Waals surface area contributed by atoms with Crippen LogP contribution in [0.1, 0.15) is 60.3 Å². The molecule has 0 spiro atoms. The van der Waals surface area contributed by atoms with Crippen molar-refractivity contribution in [2.24, 2.45) is 11.3 Å². The molecular weight excluding hydrogens is 220 g/mol. The van der Waals surface area contributed by atoms with Gasteiger partial charge in [-0.05, 0) is 35.8 Å². The molecule has 0 amide bonds. The summed E-state index contributed by atoms with van der Waals surface area (Å²) < 4.78 is 5.75. The van der Waals surface area contributed by atoms with E-state index in [4.69, 9.17) is 4.74 Å². The number of allylic oxidation sites excluding steroid dienone is 2. The lowest BCUT2D eigenvalue weighted by atomic mass is 9.76. The fraction of sp³-hybridized carbons (Fsp3) is 0.765. The van der Waals surface area contributed by atoms with Crippen LogP contribution in [0.2, 0.25) is 0 Å². The first-order chi connectivity index (χ1) is 8.43. The minimum atomic E-state index is 0.240. The number of unbranched alkanes of at least 4 members (excludes halogenated alkanes) is 1. The van der Waals surface area contributed by atoms with Gasteiger partial charge in [-0.2, -0.15) is 0 Å². The monoisotopic (exact) mass is 250 g/mol. The quantitative estimate of drug-likeness (QED) is 0.657. The van der Waals surface area contributed by atoms with Gasteiger partial charge in [-0.1, -0.05) is 53.2 Å². The summed E-state index contributed by atoms with van der Waals surface area (Å²) in [5.74, 6) is 0.543. The van der Waals surface area contributed by atoms with Crippen LogP contribution in [0.4, 0.5) is 0 Å². The lowest BCUT2D eigenvalue weighted by Gasteiger charge is -2.34. The normalized spacial score (nSPS) is 24.8. The van der Waals surface area contributed by atoms with E-state index in [1.807, 2.05) is 7.11 Å². The molecule has 0 aliphatic heterocycles. The molecule has 18 heavy (non-hydrogen) atoms. The Bertz CT molecular complexity index is 317. The van der Waals surface area contributed by atoms with Crippen LogP contribution in [0, 0.1) is 11.3 Å². The molecular formula is C17H30O. The first-order valence-electron chi connectivity index (χ1n) is 7.39. The SMILES string of the molecule is CCCCC1=CC(C(C)(C)C)=CC(CC)C1OC. The van der Waals surface area contributed by atoms with Crippen molar-refractivity contribution in [3.05, 3.63) is 23.3 Å². The zero-order valence-electron chi connectivity index (χ0n) is 13.0. The first kappa shape index (κ1) is 15.5. The molecule has 0 aromatic carbocycles. The van der Waals surface area contributed by atoms with Crippen molar-refractivity contribution in [3.63, 3.8) is 0 Å². The number of rotatable bonds is 5. The Kier molecular flexibility index (Phi) is 5.65. The van der Waals surface area contributed by atoms with E-state index in [0.29, 0.717) is 12.0 Å². The second-order valence-electron chi connectivity index (χ2n) is 6.42. The van der Waals surface area contributed by atoms with Crippen molar-refractivity contribution < 1.29 is 4.74 Å². The van der Waals surface area contributed by atoms with E-state index in [9.17, 15) is 0 Å². The van der Waals surface area contributed by atoms with Crippen LogP contribution < -0.4 is 0 Å². The van der Waals surface area contributed by atoms with Crippen LogP contribution >= 0.6 is 0 Å². The van der Waals surface area contributed by atoms with Gasteiger partial charge in [0.15, 0.2) is 0 Å². The zero-order chi connectivity index (χ0) is 13.8. The van der Waals surface area contributed by atoms with Gasteiger partial charge in [0.05, 0.1) is 6.10 Å². The molecule has 1 nitrogen and oxygen atoms in total. The standard InChI is InChI=1S/C17H30O/c1-7-9-10-14-12-15(17(3,4)5)11-13(8-2)16(14)18-6/h11-13,16H,7-10H2,1-6H3. The Hall–Kier alpha value is -0.560. The summed E-state index contributed by atoms with van der Waals surface area (Å²) in [6.07, 6.45) is 9.98. The molecule has 1 aliphatic rings. The molecule has 1 aliphatic carbocycles. The second-order valence-corrected chi connectivity index (χ2v) is 6.42. The van der Waals surface area contributed by atoms with Crippen LogP contribution in [0.25, 0.3) is 0 Å². The molecule has 0 fully saturated rings. The molecule has 2 unspecified atom stereocenters. The van der Waals surface area contributed by atoms with E-state index < -0.39 is 0 Å². The van der Waals surface area contributed by atoms with Crippen molar-refractivity contribution in [3.8, 4) is 0 Å². The first-order valence-corrected chi connectivity index (χ1v) is 7.39. The minimum Gasteiger partial charge on any atom is -0.376 e. The molecule has 0 bridgehead atoms. The highest BCUT2D eigenvalue weighted by Gasteiger charge is 2.29. The molecule has 0 saturated carbocycles. The van der Waals surface area contributed by atoms with E-state index in [0.717, 1.165) is 6.42 Å². The molecule has 0 aromatic heterocycles. The van der Waals surface area contributed by atoms with Crippen molar-refractivity contribution in [2.75, 3.05) is 7.11 Å². The van der Waals surface area contributed by atoms with Gasteiger partial charge in [-0.25, -0.2) is 0 Å². The van der Waals surface area contributed by atoms with E-state index in [-0.39, 0.29) is 5.41 Å². The molecule has 0 saturated heterocycles. The zero-order valence-corrected chi connectivity index (χ0v) is 13.0. The Morgan fingerprint density at radius 3 is 2.33 bits per heavy atom. The number of methoxy groups -OCH3 is 1. The lowest BCUT2D eigenvalue weighted by Crippen LogP contribution is -2.28. The summed E-state index contributed by atoms with van der Waals surface area (Å²) in [4.78, 5) is 0. The summed E-state index contributed by atoms with van der Waals surface area (Å²) in [7, 11) is 1.85. The Morgan fingerprint density at radius 2 is 1.89 bits per heavy atom. The smallest absolute Gasteiger partial charge is 0.0846 e. The highest BCUT2D eigenvalue weighted by molar-refractivity contribution is 5.36. The summed E-state index contributed by atoms with van der Waals surface area (Å²) >= 11 is 0. The average molecular weight is 250 g/mol. The molecule has 0 aromatic rings. The van der Waals surface area contributed by atoms with E-state index in [1.165, 1.54) is 30.4 Å². The predicted octanol–water partition coefficient (Wildman–Crippen LogP) is 5.13. The van der Waals surface area contributed by atoms with E-state index in [1.54, 1.807) is 0 Å². The van der Waals surface area contributed by atoms with Crippen LogP contribution in [-0.4, -0.2) is 13.2 Å². The van der Waals surface area contributed by atoms with Crippen molar-refractivity contribution in [2.45, 2.75) is 66.4 Å². The molecule has 104 valence electrons. The summed E-state index contributed by atoms with van der Waals surface area (Å²) in [5.41, 5.74) is 3.22. The summed E-state index contributed by atoms with van der Waals surface area (Å²) in [5, 5.41) is 0. The second kappa shape index (κ2) is 6.56. The van der Waals surface area contributed by atoms with Gasteiger partial charge in [0.1, 0.15) is 0 Å². The third-order valence-electron chi connectivity index (χ3n) is 3.90. The topological polar surface area (TPSA) is 9.23 Å². The molecule has 0 heterocycles. The lowest BCUT2D eigenvalue weighted by molar-refractivity contribution is 0.0901. The number of ether oxygens (including phenoxy) is 1. The van der Waals surface area contributed by atoms with Crippen molar-refractivity contribution in [1.29, 1.82) is 0 Å². The van der Waals surface area contributed by atoms with Gasteiger partial charge in [-0.15, -0.1) is 0 Å². The van der Waals surface area contributed by atoms with Crippen LogP contribution in [0.5, 0.6) is 0 Å². The molecule has 0 radical (unpaired) electrons. The maximum Gasteiger partial charge on any atom is 0.0846 e. The third-order valence-corrected chi connectivity index (χ3v) is 3.90. The highest BCUT2D eigenvalue weighted by atomic mass is 16.5. The number of hydrogen-bond donors (Lipinski definition) is 0. The fourth-order valence-electron chi connectivity index (χ4n) is 2.64. The minimum absolute atomic E-state index is 0.240. The van der Waals surface area contributed by atoms with E-state index >= 15 is 0 Å². The predicted molar refractivity (Wildman–Crippen MR) is 79.7 cm³/mol. The Morgan fingerprint density at radius 1 is 1.22 bits per heavy atom. The van der Waals surface area contributed by atoms with Gasteiger partial charge >= 0.3 is 0 Å². The van der Waals surface area contributed by atoms with Gasteiger partial charge in [0, 0.05) is 13.0 Å². The molecule has 1 heteroatoms.